The Bertz CT molecular complexity index is 623. The van der Waals surface area contributed by atoms with Crippen molar-refractivity contribution in [2.45, 2.75) is 45.2 Å². The maximum absolute atomic E-state index is 6.08. The molecule has 2 atom stereocenters. The lowest BCUT2D eigenvalue weighted by molar-refractivity contribution is -0.127. The van der Waals surface area contributed by atoms with Crippen LogP contribution in [0.2, 0.25) is 0 Å². The van der Waals surface area contributed by atoms with Gasteiger partial charge in [-0.15, -0.1) is 11.6 Å². The van der Waals surface area contributed by atoms with Crippen molar-refractivity contribution in [3.05, 3.63) is 24.3 Å². The Morgan fingerprint density at radius 2 is 2.30 bits per heavy atom. The minimum atomic E-state index is 0.0910. The van der Waals surface area contributed by atoms with Crippen LogP contribution in [0.4, 0.5) is 0 Å². The average molecular weight is 294 g/mol. The molecule has 2 aromatic heterocycles. The van der Waals surface area contributed by atoms with E-state index < -0.39 is 0 Å². The van der Waals surface area contributed by atoms with E-state index in [1.165, 1.54) is 0 Å². The van der Waals surface area contributed by atoms with Gasteiger partial charge in [-0.05, 0) is 19.4 Å². The van der Waals surface area contributed by atoms with E-state index in [1.807, 2.05) is 19.2 Å². The van der Waals surface area contributed by atoms with Gasteiger partial charge in [0.05, 0.1) is 23.7 Å². The first-order valence-electron chi connectivity index (χ1n) is 7.08. The smallest absolute Gasteiger partial charge is 0.125 e. The molecule has 5 heteroatoms. The van der Waals surface area contributed by atoms with Crippen molar-refractivity contribution in [1.29, 1.82) is 0 Å². The van der Waals surface area contributed by atoms with Crippen molar-refractivity contribution >= 4 is 22.6 Å². The van der Waals surface area contributed by atoms with Gasteiger partial charge in [-0.3, -0.25) is 4.98 Å². The van der Waals surface area contributed by atoms with Crippen molar-refractivity contribution in [2.24, 2.45) is 5.41 Å². The fraction of sp³-hybridized carbons (Fsp3) is 0.600. The van der Waals surface area contributed by atoms with Crippen LogP contribution >= 0.6 is 11.6 Å². The van der Waals surface area contributed by atoms with Crippen LogP contribution in [0.1, 0.15) is 39.1 Å². The molecule has 0 N–H and O–H groups in total. The molecule has 2 heterocycles. The van der Waals surface area contributed by atoms with Gasteiger partial charge in [0.25, 0.3) is 0 Å². The Hall–Kier alpha value is -1.13. The third kappa shape index (κ3) is 1.93. The van der Waals surface area contributed by atoms with Gasteiger partial charge in [0.15, 0.2) is 0 Å². The lowest BCUT2D eigenvalue weighted by Gasteiger charge is -2.52. The molecule has 20 heavy (non-hydrogen) atoms. The molecule has 0 radical (unpaired) electrons. The number of pyridine rings is 1. The monoisotopic (exact) mass is 293 g/mol. The van der Waals surface area contributed by atoms with Crippen LogP contribution in [0.25, 0.3) is 11.0 Å². The van der Waals surface area contributed by atoms with E-state index in [-0.39, 0.29) is 5.41 Å². The molecule has 3 rings (SSSR count). The molecule has 2 unspecified atom stereocenters. The fourth-order valence-electron chi connectivity index (χ4n) is 3.23. The Morgan fingerprint density at radius 1 is 1.50 bits per heavy atom. The van der Waals surface area contributed by atoms with Gasteiger partial charge in [-0.25, -0.2) is 4.98 Å². The maximum atomic E-state index is 6.08. The summed E-state index contributed by atoms with van der Waals surface area (Å²) in [6.45, 7) is 7.32. The molecule has 1 fully saturated rings. The Balaban J connectivity index is 2.03. The van der Waals surface area contributed by atoms with Crippen molar-refractivity contribution in [3.63, 3.8) is 0 Å². The highest BCUT2D eigenvalue weighted by atomic mass is 35.5. The Labute approximate surface area is 124 Å². The van der Waals surface area contributed by atoms with E-state index in [1.54, 1.807) is 6.20 Å². The van der Waals surface area contributed by atoms with Gasteiger partial charge < -0.3 is 9.30 Å². The predicted molar refractivity (Wildman–Crippen MR) is 79.9 cm³/mol. The molecule has 2 aromatic rings. The zero-order valence-corrected chi connectivity index (χ0v) is 12.9. The molecule has 0 saturated heterocycles. The third-order valence-corrected chi connectivity index (χ3v) is 4.73. The van der Waals surface area contributed by atoms with E-state index in [4.69, 9.17) is 16.3 Å². The number of alkyl halides is 1. The number of aromatic nitrogens is 3. The van der Waals surface area contributed by atoms with Crippen LogP contribution in [-0.2, 0) is 10.6 Å². The first-order valence-corrected chi connectivity index (χ1v) is 7.61. The summed E-state index contributed by atoms with van der Waals surface area (Å²) >= 11 is 6.08. The van der Waals surface area contributed by atoms with Crippen LogP contribution in [0.15, 0.2) is 18.5 Å². The zero-order chi connectivity index (χ0) is 14.3. The molecule has 0 spiro atoms. The minimum absolute atomic E-state index is 0.0910. The number of rotatable bonds is 4. The second-order valence-corrected chi connectivity index (χ2v) is 6.18. The van der Waals surface area contributed by atoms with Crippen molar-refractivity contribution in [2.75, 3.05) is 6.61 Å². The van der Waals surface area contributed by atoms with Gasteiger partial charge in [-0.1, -0.05) is 13.8 Å². The van der Waals surface area contributed by atoms with Crippen LogP contribution in [-0.4, -0.2) is 27.2 Å². The third-order valence-electron chi connectivity index (χ3n) is 4.49. The molecular formula is C15H20ClN3O. The number of hydrogen-bond acceptors (Lipinski definition) is 3. The lowest BCUT2D eigenvalue weighted by atomic mass is 9.64. The first-order chi connectivity index (χ1) is 9.59. The maximum Gasteiger partial charge on any atom is 0.125 e. The van der Waals surface area contributed by atoms with Crippen LogP contribution in [0.3, 0.4) is 0 Å². The van der Waals surface area contributed by atoms with E-state index >= 15 is 0 Å². The van der Waals surface area contributed by atoms with Gasteiger partial charge in [0.2, 0.25) is 0 Å². The summed E-state index contributed by atoms with van der Waals surface area (Å²) in [4.78, 5) is 8.74. The molecule has 0 bridgehead atoms. The zero-order valence-electron chi connectivity index (χ0n) is 12.1. The number of nitrogens with zero attached hydrogens (tertiary/aromatic N) is 3. The highest BCUT2D eigenvalue weighted by molar-refractivity contribution is 6.16. The summed E-state index contributed by atoms with van der Waals surface area (Å²) in [5.74, 6) is 1.34. The number of hydrogen-bond donors (Lipinski definition) is 0. The summed E-state index contributed by atoms with van der Waals surface area (Å²) in [7, 11) is 0. The molecule has 0 aliphatic heterocycles. The fourth-order valence-corrected chi connectivity index (χ4v) is 3.42. The van der Waals surface area contributed by atoms with E-state index in [2.05, 4.69) is 28.4 Å². The average Bonchev–Trinajstić information content (AvgIpc) is 2.81. The molecular weight excluding hydrogens is 274 g/mol. The Morgan fingerprint density at radius 3 is 2.95 bits per heavy atom. The number of halogens is 1. The summed E-state index contributed by atoms with van der Waals surface area (Å²) in [5.41, 5.74) is 2.12. The molecule has 0 aromatic carbocycles. The summed E-state index contributed by atoms with van der Waals surface area (Å²) in [6.07, 6.45) is 4.93. The highest BCUT2D eigenvalue weighted by Crippen LogP contribution is 2.52. The normalized spacial score (nSPS) is 24.8. The van der Waals surface area contributed by atoms with Gasteiger partial charge in [-0.2, -0.15) is 0 Å². The molecule has 0 amide bonds. The molecule has 108 valence electrons. The topological polar surface area (TPSA) is 39.9 Å². The summed E-state index contributed by atoms with van der Waals surface area (Å²) < 4.78 is 8.11. The molecule has 4 nitrogen and oxygen atoms in total. The molecule has 1 saturated carbocycles. The highest BCUT2D eigenvalue weighted by Gasteiger charge is 2.50. The molecule has 1 aliphatic carbocycles. The van der Waals surface area contributed by atoms with Gasteiger partial charge in [0.1, 0.15) is 11.3 Å². The van der Waals surface area contributed by atoms with Crippen LogP contribution in [0, 0.1) is 5.41 Å². The predicted octanol–water partition coefficient (Wildman–Crippen LogP) is 3.55. The number of imidazole rings is 1. The summed E-state index contributed by atoms with van der Waals surface area (Å²) in [6, 6.07) is 2.39. The van der Waals surface area contributed by atoms with Gasteiger partial charge in [0, 0.05) is 24.3 Å². The van der Waals surface area contributed by atoms with E-state index in [9.17, 15) is 0 Å². The SMILES string of the molecule is CCOC1CC(n2c(CCl)nc3cnccc32)C1(C)C. The Kier molecular flexibility index (Phi) is 3.46. The van der Waals surface area contributed by atoms with Gasteiger partial charge >= 0.3 is 0 Å². The number of ether oxygens (including phenoxy) is 1. The van der Waals surface area contributed by atoms with Crippen LogP contribution in [0.5, 0.6) is 0 Å². The number of fused-ring (bicyclic) bond motifs is 1. The van der Waals surface area contributed by atoms with E-state index in [0.29, 0.717) is 18.0 Å². The van der Waals surface area contributed by atoms with Crippen molar-refractivity contribution in [3.8, 4) is 0 Å². The second kappa shape index (κ2) is 5.01. The quantitative estimate of drug-likeness (QED) is 0.810. The standard InChI is InChI=1S/C15H20ClN3O/c1-4-20-13-7-12(15(13,2)3)19-11-5-6-17-9-10(11)18-14(19)8-16/h5-6,9,12-13H,4,7-8H2,1-3H3. The molecule has 1 aliphatic rings. The van der Waals surface area contributed by atoms with Crippen molar-refractivity contribution in [1.82, 2.24) is 14.5 Å². The van der Waals surface area contributed by atoms with E-state index in [0.717, 1.165) is 29.9 Å². The lowest BCUT2D eigenvalue weighted by Crippen LogP contribution is -2.51. The summed E-state index contributed by atoms with van der Waals surface area (Å²) in [5, 5.41) is 0. The minimum Gasteiger partial charge on any atom is -0.378 e. The van der Waals surface area contributed by atoms with Crippen molar-refractivity contribution < 1.29 is 4.74 Å². The largest absolute Gasteiger partial charge is 0.378 e. The first kappa shape index (κ1) is 13.8. The second-order valence-electron chi connectivity index (χ2n) is 5.91. The van der Waals surface area contributed by atoms with Crippen LogP contribution < -0.4 is 0 Å².